The number of aryl methyl sites for hydroxylation is 1. The van der Waals surface area contributed by atoms with Crippen LogP contribution < -0.4 is 0 Å². The largest absolute Gasteiger partial charge is 0.465 e. The Labute approximate surface area is 122 Å². The monoisotopic (exact) mass is 283 g/mol. The molecule has 1 aromatic heterocycles. The van der Waals surface area contributed by atoms with E-state index in [9.17, 15) is 5.11 Å². The molecule has 1 rings (SSSR count). The Morgan fingerprint density at radius 3 is 2.40 bits per heavy atom. The van der Waals surface area contributed by atoms with Crippen molar-refractivity contribution in [2.24, 2.45) is 5.92 Å². The molecule has 1 atom stereocenters. The summed E-state index contributed by atoms with van der Waals surface area (Å²) in [5.41, 5.74) is 0. The predicted molar refractivity (Wildman–Crippen MR) is 80.7 cm³/mol. The quantitative estimate of drug-likeness (QED) is 0.757. The van der Waals surface area contributed by atoms with Gasteiger partial charge in [0.15, 0.2) is 0 Å². The fourth-order valence-electron chi connectivity index (χ4n) is 1.99. The van der Waals surface area contributed by atoms with E-state index in [0.29, 0.717) is 38.3 Å². The molecule has 4 nitrogen and oxygen atoms in total. The molecule has 1 N–H and O–H groups in total. The first-order valence-corrected chi connectivity index (χ1v) is 7.43. The van der Waals surface area contributed by atoms with Crippen molar-refractivity contribution >= 4 is 0 Å². The van der Waals surface area contributed by atoms with Crippen molar-refractivity contribution in [3.05, 3.63) is 23.7 Å². The molecular weight excluding hydrogens is 254 g/mol. The van der Waals surface area contributed by atoms with Gasteiger partial charge in [0.25, 0.3) is 0 Å². The van der Waals surface area contributed by atoms with E-state index in [1.165, 1.54) is 0 Å². The number of aliphatic hydroxyl groups excluding tert-OH is 1. The fourth-order valence-corrected chi connectivity index (χ4v) is 1.99. The molecular formula is C16H29NO3. The number of aliphatic hydroxyl groups is 1. The van der Waals surface area contributed by atoms with Gasteiger partial charge < -0.3 is 14.3 Å². The molecule has 0 aliphatic carbocycles. The normalized spacial score (nSPS) is 13.7. The van der Waals surface area contributed by atoms with Crippen molar-refractivity contribution in [3.8, 4) is 0 Å². The zero-order chi connectivity index (χ0) is 15.1. The van der Waals surface area contributed by atoms with E-state index in [2.05, 4.69) is 32.6 Å². The molecule has 116 valence electrons. The molecule has 0 aliphatic rings. The Hall–Kier alpha value is -0.840. The van der Waals surface area contributed by atoms with Crippen LogP contribution in [-0.2, 0) is 11.3 Å². The number of ether oxygens (including phenoxy) is 1. The highest BCUT2D eigenvalue weighted by molar-refractivity contribution is 5.05. The van der Waals surface area contributed by atoms with E-state index in [1.807, 2.05) is 19.1 Å². The summed E-state index contributed by atoms with van der Waals surface area (Å²) in [5, 5.41) is 10.1. The van der Waals surface area contributed by atoms with E-state index < -0.39 is 6.10 Å². The zero-order valence-corrected chi connectivity index (χ0v) is 13.4. The summed E-state index contributed by atoms with van der Waals surface area (Å²) in [4.78, 5) is 2.20. The average Bonchev–Trinajstić information content (AvgIpc) is 2.73. The summed E-state index contributed by atoms with van der Waals surface area (Å²) in [6.07, 6.45) is -0.466. The maximum Gasteiger partial charge on any atom is 0.118 e. The van der Waals surface area contributed by atoms with Gasteiger partial charge in [-0.15, -0.1) is 0 Å². The first-order chi connectivity index (χ1) is 9.38. The highest BCUT2D eigenvalue weighted by Crippen LogP contribution is 2.12. The van der Waals surface area contributed by atoms with Gasteiger partial charge >= 0.3 is 0 Å². The van der Waals surface area contributed by atoms with Crippen LogP contribution in [0.2, 0.25) is 0 Å². The van der Waals surface area contributed by atoms with Crippen LogP contribution in [-0.4, -0.2) is 41.9 Å². The molecule has 0 aliphatic heterocycles. The second-order valence-electron chi connectivity index (χ2n) is 6.12. The molecule has 0 amide bonds. The van der Waals surface area contributed by atoms with Crippen LogP contribution >= 0.6 is 0 Å². The number of furan rings is 1. The van der Waals surface area contributed by atoms with E-state index in [0.717, 1.165) is 11.5 Å². The number of hydrogen-bond acceptors (Lipinski definition) is 4. The summed E-state index contributed by atoms with van der Waals surface area (Å²) in [6, 6.07) is 4.31. The van der Waals surface area contributed by atoms with Gasteiger partial charge in [-0.3, -0.25) is 4.90 Å². The van der Waals surface area contributed by atoms with Gasteiger partial charge in [-0.05, 0) is 38.8 Å². The first kappa shape index (κ1) is 17.2. The first-order valence-electron chi connectivity index (χ1n) is 7.43. The lowest BCUT2D eigenvalue weighted by Crippen LogP contribution is -2.38. The minimum atomic E-state index is -0.466. The van der Waals surface area contributed by atoms with E-state index in [-0.39, 0.29) is 0 Å². The highest BCUT2D eigenvalue weighted by Gasteiger charge is 2.17. The van der Waals surface area contributed by atoms with Gasteiger partial charge in [-0.2, -0.15) is 0 Å². The third-order valence-electron chi connectivity index (χ3n) is 3.09. The van der Waals surface area contributed by atoms with E-state index >= 15 is 0 Å². The fraction of sp³-hybridized carbons (Fsp3) is 0.750. The van der Waals surface area contributed by atoms with E-state index in [4.69, 9.17) is 9.15 Å². The van der Waals surface area contributed by atoms with Crippen LogP contribution in [0.5, 0.6) is 0 Å². The van der Waals surface area contributed by atoms with Crippen LogP contribution in [0.3, 0.4) is 0 Å². The van der Waals surface area contributed by atoms with Crippen molar-refractivity contribution < 1.29 is 14.3 Å². The minimum absolute atomic E-state index is 0.347. The Morgan fingerprint density at radius 2 is 1.90 bits per heavy atom. The Balaban J connectivity index is 2.42. The average molecular weight is 283 g/mol. The van der Waals surface area contributed by atoms with Crippen LogP contribution in [0, 0.1) is 12.8 Å². The van der Waals surface area contributed by atoms with Gasteiger partial charge in [-0.1, -0.05) is 13.8 Å². The van der Waals surface area contributed by atoms with Crippen molar-refractivity contribution in [2.75, 3.05) is 19.8 Å². The van der Waals surface area contributed by atoms with Gasteiger partial charge in [0.05, 0.1) is 19.3 Å². The molecule has 0 unspecified atom stereocenters. The van der Waals surface area contributed by atoms with Crippen LogP contribution in [0.1, 0.15) is 39.2 Å². The van der Waals surface area contributed by atoms with Crippen LogP contribution in [0.15, 0.2) is 16.5 Å². The highest BCUT2D eigenvalue weighted by atomic mass is 16.5. The summed E-state index contributed by atoms with van der Waals surface area (Å²) in [7, 11) is 0. The van der Waals surface area contributed by atoms with E-state index in [1.54, 1.807) is 0 Å². The zero-order valence-electron chi connectivity index (χ0n) is 13.4. The van der Waals surface area contributed by atoms with Gasteiger partial charge in [0.2, 0.25) is 0 Å². The van der Waals surface area contributed by atoms with Crippen LogP contribution in [0.25, 0.3) is 0 Å². The molecule has 0 bridgehead atoms. The smallest absolute Gasteiger partial charge is 0.118 e. The topological polar surface area (TPSA) is 45.8 Å². The minimum Gasteiger partial charge on any atom is -0.465 e. The molecule has 20 heavy (non-hydrogen) atoms. The summed E-state index contributed by atoms with van der Waals surface area (Å²) >= 11 is 0. The van der Waals surface area contributed by atoms with Gasteiger partial charge in [-0.25, -0.2) is 0 Å². The molecule has 4 heteroatoms. The standard InChI is InChI=1S/C16H29NO3/c1-12(2)10-19-11-15(18)8-17(13(3)4)9-16-7-6-14(5)20-16/h6-7,12-13,15,18H,8-11H2,1-5H3/t15-/m1/s1. The second-order valence-corrected chi connectivity index (χ2v) is 6.12. The van der Waals surface area contributed by atoms with Crippen molar-refractivity contribution in [1.29, 1.82) is 0 Å². The summed E-state index contributed by atoms with van der Waals surface area (Å²) in [6.45, 7) is 12.8. The summed E-state index contributed by atoms with van der Waals surface area (Å²) in [5.74, 6) is 2.35. The maximum absolute atomic E-state index is 10.1. The molecule has 0 saturated carbocycles. The lowest BCUT2D eigenvalue weighted by atomic mass is 10.2. The molecule has 1 heterocycles. The Morgan fingerprint density at radius 1 is 1.20 bits per heavy atom. The third kappa shape index (κ3) is 6.55. The molecule has 0 spiro atoms. The second kappa shape index (κ2) is 8.45. The number of hydrogen-bond donors (Lipinski definition) is 1. The van der Waals surface area contributed by atoms with Crippen LogP contribution in [0.4, 0.5) is 0 Å². The Bertz CT molecular complexity index is 374. The molecule has 0 radical (unpaired) electrons. The van der Waals surface area contributed by atoms with Gasteiger partial charge in [0, 0.05) is 19.2 Å². The lowest BCUT2D eigenvalue weighted by Gasteiger charge is -2.28. The molecule has 1 aromatic rings. The van der Waals surface area contributed by atoms with Gasteiger partial charge in [0.1, 0.15) is 11.5 Å². The molecule has 0 aromatic carbocycles. The molecule has 0 saturated heterocycles. The van der Waals surface area contributed by atoms with Crippen molar-refractivity contribution in [3.63, 3.8) is 0 Å². The van der Waals surface area contributed by atoms with Crippen molar-refractivity contribution in [2.45, 2.75) is 53.3 Å². The number of nitrogens with zero attached hydrogens (tertiary/aromatic N) is 1. The Kier molecular flexibility index (Phi) is 7.27. The predicted octanol–water partition coefficient (Wildman–Crippen LogP) is 2.83. The SMILES string of the molecule is Cc1ccc(CN(C[C@@H](O)COCC(C)C)C(C)C)o1. The van der Waals surface area contributed by atoms with Crippen molar-refractivity contribution in [1.82, 2.24) is 4.90 Å². The lowest BCUT2D eigenvalue weighted by molar-refractivity contribution is 0.000587. The maximum atomic E-state index is 10.1. The number of rotatable bonds is 9. The summed E-state index contributed by atoms with van der Waals surface area (Å²) < 4.78 is 11.1. The molecule has 0 fully saturated rings. The third-order valence-corrected chi connectivity index (χ3v) is 3.09.